The Morgan fingerprint density at radius 1 is 1.35 bits per heavy atom. The number of carbonyl (C=O) groups excluding carboxylic acids is 1. The van der Waals surface area contributed by atoms with Crippen LogP contribution in [-0.2, 0) is 4.74 Å². The van der Waals surface area contributed by atoms with E-state index in [2.05, 4.69) is 15.5 Å². The Labute approximate surface area is 139 Å². The molecule has 1 atom stereocenters. The van der Waals surface area contributed by atoms with Gasteiger partial charge in [0, 0.05) is 18.1 Å². The molecule has 0 radical (unpaired) electrons. The number of thiophene rings is 1. The maximum absolute atomic E-state index is 12.6. The summed E-state index contributed by atoms with van der Waals surface area (Å²) in [4.78, 5) is 18.8. The van der Waals surface area contributed by atoms with Crippen LogP contribution in [0.5, 0.6) is 0 Å². The molecule has 1 amide bonds. The molecule has 0 unspecified atom stereocenters. The Balaban J connectivity index is 1.81. The van der Waals surface area contributed by atoms with Crippen molar-refractivity contribution in [2.24, 2.45) is 5.92 Å². The van der Waals surface area contributed by atoms with Gasteiger partial charge in [-0.15, -0.1) is 11.3 Å². The highest BCUT2D eigenvalue weighted by Gasteiger charge is 2.31. The van der Waals surface area contributed by atoms with Crippen LogP contribution in [0, 0.1) is 26.7 Å². The first-order valence-corrected chi connectivity index (χ1v) is 8.62. The molecule has 23 heavy (non-hydrogen) atoms. The molecule has 124 valence electrons. The zero-order valence-electron chi connectivity index (χ0n) is 13.6. The van der Waals surface area contributed by atoms with E-state index in [-0.39, 0.29) is 17.9 Å². The second-order valence-corrected chi connectivity index (χ2v) is 7.19. The molecular formula is C16H21N3O3S. The molecule has 1 N–H and O–H groups in total. The molecule has 3 rings (SSSR count). The molecule has 2 aromatic heterocycles. The molecule has 1 aliphatic rings. The van der Waals surface area contributed by atoms with Crippen molar-refractivity contribution in [2.45, 2.75) is 39.7 Å². The van der Waals surface area contributed by atoms with Crippen molar-refractivity contribution in [1.29, 1.82) is 0 Å². The molecule has 1 saturated heterocycles. The lowest BCUT2D eigenvalue weighted by molar-refractivity contribution is 0.0468. The first-order chi connectivity index (χ1) is 11.0. The Bertz CT molecular complexity index is 669. The highest BCUT2D eigenvalue weighted by Crippen LogP contribution is 2.30. The van der Waals surface area contributed by atoms with Gasteiger partial charge in [-0.1, -0.05) is 5.16 Å². The maximum Gasteiger partial charge on any atom is 0.262 e. The zero-order chi connectivity index (χ0) is 16.4. The highest BCUT2D eigenvalue weighted by atomic mass is 32.1. The van der Waals surface area contributed by atoms with Crippen LogP contribution < -0.4 is 5.32 Å². The molecule has 0 saturated carbocycles. The van der Waals surface area contributed by atoms with Crippen molar-refractivity contribution in [3.8, 4) is 0 Å². The van der Waals surface area contributed by atoms with Crippen LogP contribution in [0.3, 0.4) is 0 Å². The van der Waals surface area contributed by atoms with Gasteiger partial charge < -0.3 is 14.6 Å². The second-order valence-electron chi connectivity index (χ2n) is 5.93. The van der Waals surface area contributed by atoms with Crippen LogP contribution >= 0.6 is 11.3 Å². The first kappa shape index (κ1) is 16.1. The number of carbonyl (C=O) groups is 1. The molecule has 6 nitrogen and oxygen atoms in total. The van der Waals surface area contributed by atoms with Crippen LogP contribution in [-0.4, -0.2) is 29.3 Å². The number of nitrogens with zero attached hydrogens (tertiary/aromatic N) is 2. The van der Waals surface area contributed by atoms with E-state index in [4.69, 9.17) is 9.26 Å². The third-order valence-electron chi connectivity index (χ3n) is 4.22. The normalized spacial score (nSPS) is 17.2. The summed E-state index contributed by atoms with van der Waals surface area (Å²) < 4.78 is 10.8. The van der Waals surface area contributed by atoms with Crippen molar-refractivity contribution < 1.29 is 14.1 Å². The smallest absolute Gasteiger partial charge is 0.262 e. The largest absolute Gasteiger partial charge is 0.381 e. The van der Waals surface area contributed by atoms with E-state index in [9.17, 15) is 4.79 Å². The van der Waals surface area contributed by atoms with Gasteiger partial charge in [0.2, 0.25) is 5.89 Å². The number of aryl methyl sites for hydroxylation is 3. The van der Waals surface area contributed by atoms with Crippen molar-refractivity contribution in [1.82, 2.24) is 15.5 Å². The number of rotatable bonds is 4. The molecule has 0 aromatic carbocycles. The Morgan fingerprint density at radius 2 is 2.09 bits per heavy atom. The fraction of sp³-hybridized carbons (Fsp3) is 0.562. The van der Waals surface area contributed by atoms with Crippen LogP contribution in [0.4, 0.5) is 0 Å². The van der Waals surface area contributed by atoms with Crippen LogP contribution in [0.2, 0.25) is 0 Å². The van der Waals surface area contributed by atoms with Crippen molar-refractivity contribution >= 4 is 17.2 Å². The van der Waals surface area contributed by atoms with Gasteiger partial charge in [-0.05, 0) is 51.2 Å². The monoisotopic (exact) mass is 335 g/mol. The number of aromatic nitrogens is 2. The minimum atomic E-state index is -0.268. The van der Waals surface area contributed by atoms with Gasteiger partial charge in [0.1, 0.15) is 6.04 Å². The summed E-state index contributed by atoms with van der Waals surface area (Å²) in [6.07, 6.45) is 1.74. The predicted molar refractivity (Wildman–Crippen MR) is 86.6 cm³/mol. The molecule has 0 bridgehead atoms. The second kappa shape index (κ2) is 6.80. The van der Waals surface area contributed by atoms with Gasteiger partial charge in [-0.2, -0.15) is 4.98 Å². The number of hydrogen-bond acceptors (Lipinski definition) is 6. The summed E-state index contributed by atoms with van der Waals surface area (Å²) in [5.74, 6) is 1.22. The summed E-state index contributed by atoms with van der Waals surface area (Å²) in [6, 6.07) is 1.66. The summed E-state index contributed by atoms with van der Waals surface area (Å²) >= 11 is 1.51. The van der Waals surface area contributed by atoms with E-state index >= 15 is 0 Å². The molecule has 3 heterocycles. The van der Waals surface area contributed by atoms with Gasteiger partial charge in [-0.3, -0.25) is 4.79 Å². The SMILES string of the molecule is Cc1noc([C@@H](NC(=O)c2cc(C)c(C)s2)C2CCOCC2)n1. The Hall–Kier alpha value is -1.73. The maximum atomic E-state index is 12.6. The van der Waals surface area contributed by atoms with E-state index in [1.54, 1.807) is 6.92 Å². The van der Waals surface area contributed by atoms with Gasteiger partial charge in [-0.25, -0.2) is 0 Å². The first-order valence-electron chi connectivity index (χ1n) is 7.80. The summed E-state index contributed by atoms with van der Waals surface area (Å²) in [5.41, 5.74) is 1.14. The number of nitrogens with one attached hydrogen (secondary N) is 1. The predicted octanol–water partition coefficient (Wildman–Crippen LogP) is 2.95. The van der Waals surface area contributed by atoms with Crippen molar-refractivity contribution in [2.75, 3.05) is 13.2 Å². The van der Waals surface area contributed by atoms with E-state index in [1.807, 2.05) is 19.9 Å². The van der Waals surface area contributed by atoms with Crippen LogP contribution in [0.25, 0.3) is 0 Å². The Kier molecular flexibility index (Phi) is 4.77. The summed E-state index contributed by atoms with van der Waals surface area (Å²) in [5, 5.41) is 6.96. The number of amides is 1. The van der Waals surface area contributed by atoms with E-state index < -0.39 is 0 Å². The van der Waals surface area contributed by atoms with Crippen molar-refractivity contribution in [3.05, 3.63) is 33.1 Å². The highest BCUT2D eigenvalue weighted by molar-refractivity contribution is 7.14. The van der Waals surface area contributed by atoms with E-state index in [1.165, 1.54) is 11.3 Å². The molecule has 1 aliphatic heterocycles. The van der Waals surface area contributed by atoms with Gasteiger partial charge in [0.05, 0.1) is 4.88 Å². The minimum absolute atomic E-state index is 0.0847. The lowest BCUT2D eigenvalue weighted by atomic mass is 9.91. The molecule has 7 heteroatoms. The lowest BCUT2D eigenvalue weighted by Crippen LogP contribution is -2.36. The molecular weight excluding hydrogens is 314 g/mol. The van der Waals surface area contributed by atoms with Gasteiger partial charge >= 0.3 is 0 Å². The molecule has 0 spiro atoms. The zero-order valence-corrected chi connectivity index (χ0v) is 14.4. The molecule has 1 fully saturated rings. The van der Waals surface area contributed by atoms with Gasteiger partial charge in [0.25, 0.3) is 5.91 Å². The average Bonchev–Trinajstić information content (AvgIpc) is 3.12. The lowest BCUT2D eigenvalue weighted by Gasteiger charge is -2.28. The average molecular weight is 335 g/mol. The number of ether oxygens (including phenoxy) is 1. The quantitative estimate of drug-likeness (QED) is 0.929. The van der Waals surface area contributed by atoms with Crippen LogP contribution in [0.1, 0.15) is 50.7 Å². The Morgan fingerprint density at radius 3 is 2.65 bits per heavy atom. The third kappa shape index (κ3) is 3.61. The third-order valence-corrected chi connectivity index (χ3v) is 5.37. The fourth-order valence-electron chi connectivity index (χ4n) is 2.77. The fourth-order valence-corrected chi connectivity index (χ4v) is 3.70. The number of hydrogen-bond donors (Lipinski definition) is 1. The summed E-state index contributed by atoms with van der Waals surface area (Å²) in [6.45, 7) is 7.21. The molecule has 0 aliphatic carbocycles. The van der Waals surface area contributed by atoms with E-state index in [0.29, 0.717) is 29.8 Å². The standard InChI is InChI=1S/C16H21N3O3S/c1-9-8-13(23-10(9)2)15(20)18-14(12-4-6-21-7-5-12)16-17-11(3)19-22-16/h8,12,14H,4-7H2,1-3H3,(H,18,20)/t14-/m0/s1. The van der Waals surface area contributed by atoms with Gasteiger partial charge in [0.15, 0.2) is 5.82 Å². The topological polar surface area (TPSA) is 77.2 Å². The minimum Gasteiger partial charge on any atom is -0.381 e. The van der Waals surface area contributed by atoms with E-state index in [0.717, 1.165) is 23.3 Å². The van der Waals surface area contributed by atoms with Crippen molar-refractivity contribution in [3.63, 3.8) is 0 Å². The van der Waals surface area contributed by atoms with Crippen LogP contribution in [0.15, 0.2) is 10.6 Å². The molecule has 2 aromatic rings. The summed E-state index contributed by atoms with van der Waals surface area (Å²) in [7, 11) is 0.